The van der Waals surface area contributed by atoms with Crippen LogP contribution in [0.25, 0.3) is 10.9 Å². The third kappa shape index (κ3) is 3.54. The number of rotatable bonds is 4. The van der Waals surface area contributed by atoms with Crippen molar-refractivity contribution in [3.05, 3.63) is 66.4 Å². The molecule has 1 heterocycles. The van der Waals surface area contributed by atoms with Gasteiger partial charge in [-0.05, 0) is 29.8 Å². The van der Waals surface area contributed by atoms with Crippen LogP contribution in [0.5, 0.6) is 5.75 Å². The maximum absolute atomic E-state index is 5.19. The Morgan fingerprint density at radius 2 is 1.95 bits per heavy atom. The molecule has 0 saturated carbocycles. The number of nitrogens with one attached hydrogen (secondary N) is 1. The lowest BCUT2D eigenvalue weighted by Crippen LogP contribution is -1.93. The van der Waals surface area contributed by atoms with Crippen molar-refractivity contribution in [3.8, 4) is 5.75 Å². The number of methoxy groups -OCH3 is 1. The summed E-state index contributed by atoms with van der Waals surface area (Å²) in [6, 6.07) is 17.6. The fourth-order valence-electron chi connectivity index (χ4n) is 2.09. The molecule has 3 aromatic rings. The smallest absolute Gasteiger partial charge is 0.119 e. The average molecular weight is 314 g/mol. The van der Waals surface area contributed by atoms with E-state index in [9.17, 15) is 0 Å². The Bertz CT molecular complexity index is 784. The normalized spacial score (nSPS) is 10.4. The standard InChI is InChI=1S/C17H15N3O.ClH/c1-21-14-6-4-5-13(11-14)12-19-20-17-9-10-18-16-8-3-2-7-15(16)17;/h2-12H,1H3,(H,18,20);1H. The van der Waals surface area contributed by atoms with Crippen LogP contribution in [0.4, 0.5) is 5.69 Å². The largest absolute Gasteiger partial charge is 0.497 e. The average Bonchev–Trinajstić information content (AvgIpc) is 2.55. The van der Waals surface area contributed by atoms with E-state index >= 15 is 0 Å². The lowest BCUT2D eigenvalue weighted by Gasteiger charge is -2.04. The molecule has 0 spiro atoms. The van der Waals surface area contributed by atoms with Crippen molar-refractivity contribution < 1.29 is 4.74 Å². The molecule has 0 aliphatic rings. The first-order chi connectivity index (χ1) is 10.4. The van der Waals surface area contributed by atoms with Crippen LogP contribution in [0.1, 0.15) is 5.56 Å². The minimum atomic E-state index is 0. The van der Waals surface area contributed by atoms with E-state index in [2.05, 4.69) is 15.5 Å². The number of halogens is 1. The molecule has 0 saturated heterocycles. The maximum atomic E-state index is 5.19. The first-order valence-corrected chi connectivity index (χ1v) is 6.64. The number of hydrogen-bond donors (Lipinski definition) is 1. The summed E-state index contributed by atoms with van der Waals surface area (Å²) in [5.74, 6) is 0.813. The SMILES string of the molecule is COc1cccc(C=NNc2ccnc3ccccc23)c1.Cl. The summed E-state index contributed by atoms with van der Waals surface area (Å²) in [6.45, 7) is 0. The highest BCUT2D eigenvalue weighted by Gasteiger charge is 1.99. The number of fused-ring (bicyclic) bond motifs is 1. The fourth-order valence-corrected chi connectivity index (χ4v) is 2.09. The van der Waals surface area contributed by atoms with E-state index in [0.717, 1.165) is 27.9 Å². The Morgan fingerprint density at radius 3 is 2.82 bits per heavy atom. The highest BCUT2D eigenvalue weighted by molar-refractivity contribution is 5.91. The summed E-state index contributed by atoms with van der Waals surface area (Å²) >= 11 is 0. The van der Waals surface area contributed by atoms with Crippen LogP contribution < -0.4 is 10.2 Å². The van der Waals surface area contributed by atoms with Crippen molar-refractivity contribution in [2.24, 2.45) is 5.10 Å². The highest BCUT2D eigenvalue weighted by Crippen LogP contribution is 2.20. The number of benzene rings is 2. The van der Waals surface area contributed by atoms with E-state index in [0.29, 0.717) is 0 Å². The van der Waals surface area contributed by atoms with E-state index in [4.69, 9.17) is 4.74 Å². The van der Waals surface area contributed by atoms with Crippen molar-refractivity contribution in [1.29, 1.82) is 0 Å². The number of hydrazone groups is 1. The Kier molecular flexibility index (Phi) is 5.33. The molecule has 5 heteroatoms. The third-order valence-electron chi connectivity index (χ3n) is 3.14. The summed E-state index contributed by atoms with van der Waals surface area (Å²) in [5, 5.41) is 5.32. The van der Waals surface area contributed by atoms with Crippen molar-refractivity contribution in [3.63, 3.8) is 0 Å². The minimum Gasteiger partial charge on any atom is -0.497 e. The summed E-state index contributed by atoms with van der Waals surface area (Å²) in [5.41, 5.74) is 5.91. The number of para-hydroxylation sites is 1. The van der Waals surface area contributed by atoms with Crippen molar-refractivity contribution in [2.75, 3.05) is 12.5 Å². The molecule has 0 unspecified atom stereocenters. The molecule has 0 fully saturated rings. The molecule has 0 amide bonds. The molecule has 0 bridgehead atoms. The number of nitrogens with zero attached hydrogens (tertiary/aromatic N) is 2. The summed E-state index contributed by atoms with van der Waals surface area (Å²) in [4.78, 5) is 4.32. The van der Waals surface area contributed by atoms with Crippen LogP contribution in [0.2, 0.25) is 0 Å². The number of anilines is 1. The molecule has 0 radical (unpaired) electrons. The minimum absolute atomic E-state index is 0. The third-order valence-corrected chi connectivity index (χ3v) is 3.14. The van der Waals surface area contributed by atoms with Gasteiger partial charge in [0.2, 0.25) is 0 Å². The molecule has 1 N–H and O–H groups in total. The Hall–Kier alpha value is -2.59. The van der Waals surface area contributed by atoms with E-state index in [1.54, 1.807) is 19.5 Å². The van der Waals surface area contributed by atoms with Gasteiger partial charge in [-0.15, -0.1) is 12.4 Å². The summed E-state index contributed by atoms with van der Waals surface area (Å²) < 4.78 is 5.19. The Labute approximate surface area is 135 Å². The monoisotopic (exact) mass is 313 g/mol. The zero-order chi connectivity index (χ0) is 14.5. The number of ether oxygens (including phenoxy) is 1. The van der Waals surface area contributed by atoms with Gasteiger partial charge in [-0.3, -0.25) is 10.4 Å². The molecular weight excluding hydrogens is 298 g/mol. The molecular formula is C17H16ClN3O. The molecule has 4 nitrogen and oxygen atoms in total. The van der Waals surface area contributed by atoms with Crippen molar-refractivity contribution >= 4 is 35.2 Å². The van der Waals surface area contributed by atoms with Crippen LogP contribution in [0.3, 0.4) is 0 Å². The Balaban J connectivity index is 0.00000176. The van der Waals surface area contributed by atoms with Crippen LogP contribution in [-0.4, -0.2) is 18.3 Å². The van der Waals surface area contributed by atoms with Crippen molar-refractivity contribution in [2.45, 2.75) is 0 Å². The first-order valence-electron chi connectivity index (χ1n) is 6.64. The second kappa shape index (κ2) is 7.43. The molecule has 0 aliphatic heterocycles. The predicted molar refractivity (Wildman–Crippen MR) is 93.2 cm³/mol. The number of hydrogen-bond acceptors (Lipinski definition) is 4. The summed E-state index contributed by atoms with van der Waals surface area (Å²) in [7, 11) is 1.65. The van der Waals surface area contributed by atoms with Gasteiger partial charge in [0.15, 0.2) is 0 Å². The van der Waals surface area contributed by atoms with Gasteiger partial charge >= 0.3 is 0 Å². The van der Waals surface area contributed by atoms with E-state index < -0.39 is 0 Å². The second-order valence-electron chi connectivity index (χ2n) is 4.52. The second-order valence-corrected chi connectivity index (χ2v) is 4.52. The summed E-state index contributed by atoms with van der Waals surface area (Å²) in [6.07, 6.45) is 3.53. The van der Waals surface area contributed by atoms with Gasteiger partial charge in [-0.1, -0.05) is 30.3 Å². The topological polar surface area (TPSA) is 46.5 Å². The quantitative estimate of drug-likeness (QED) is 0.582. The van der Waals surface area contributed by atoms with Crippen LogP contribution in [0, 0.1) is 0 Å². The fraction of sp³-hybridized carbons (Fsp3) is 0.0588. The lowest BCUT2D eigenvalue weighted by atomic mass is 10.2. The van der Waals surface area contributed by atoms with E-state index in [1.165, 1.54) is 0 Å². The Morgan fingerprint density at radius 1 is 1.09 bits per heavy atom. The molecule has 22 heavy (non-hydrogen) atoms. The van der Waals surface area contributed by atoms with Crippen molar-refractivity contribution in [1.82, 2.24) is 4.98 Å². The lowest BCUT2D eigenvalue weighted by molar-refractivity contribution is 0.415. The molecule has 0 atom stereocenters. The van der Waals surface area contributed by atoms with E-state index in [1.807, 2.05) is 54.6 Å². The molecule has 3 rings (SSSR count). The number of aromatic nitrogens is 1. The molecule has 1 aromatic heterocycles. The zero-order valence-corrected chi connectivity index (χ0v) is 12.9. The van der Waals surface area contributed by atoms with Gasteiger partial charge < -0.3 is 4.74 Å². The van der Waals surface area contributed by atoms with Crippen LogP contribution in [-0.2, 0) is 0 Å². The molecule has 0 aliphatic carbocycles. The predicted octanol–water partition coefficient (Wildman–Crippen LogP) is 4.11. The van der Waals surface area contributed by atoms with E-state index in [-0.39, 0.29) is 12.4 Å². The number of pyridine rings is 1. The first kappa shape index (κ1) is 15.8. The van der Waals surface area contributed by atoms with Crippen LogP contribution in [0.15, 0.2) is 65.9 Å². The van der Waals surface area contributed by atoms with Crippen LogP contribution >= 0.6 is 12.4 Å². The molecule has 112 valence electrons. The van der Waals surface area contributed by atoms with Gasteiger partial charge in [-0.2, -0.15) is 5.10 Å². The van der Waals surface area contributed by atoms with Gasteiger partial charge in [0.05, 0.1) is 24.5 Å². The van der Waals surface area contributed by atoms with Gasteiger partial charge in [0.25, 0.3) is 0 Å². The zero-order valence-electron chi connectivity index (χ0n) is 12.1. The maximum Gasteiger partial charge on any atom is 0.119 e. The van der Waals surface area contributed by atoms with Gasteiger partial charge in [-0.25, -0.2) is 0 Å². The molecule has 2 aromatic carbocycles. The van der Waals surface area contributed by atoms with Gasteiger partial charge in [0, 0.05) is 11.6 Å². The highest BCUT2D eigenvalue weighted by atomic mass is 35.5. The van der Waals surface area contributed by atoms with Gasteiger partial charge in [0.1, 0.15) is 5.75 Å².